The maximum absolute atomic E-state index is 13.2. The van der Waals surface area contributed by atoms with Crippen LogP contribution in [0.1, 0.15) is 39.1 Å². The van der Waals surface area contributed by atoms with Gasteiger partial charge in [-0.2, -0.15) is 0 Å². The van der Waals surface area contributed by atoms with Gasteiger partial charge in [-0.1, -0.05) is 0 Å². The minimum absolute atomic E-state index is 0.0556. The number of aromatic nitrogens is 6. The molecule has 0 saturated heterocycles. The summed E-state index contributed by atoms with van der Waals surface area (Å²) in [5, 5.41) is 17.0. The Bertz CT molecular complexity index is 1720. The van der Waals surface area contributed by atoms with Crippen LogP contribution in [0.5, 0.6) is 0 Å². The highest BCUT2D eigenvalue weighted by molar-refractivity contribution is 9.10. The van der Waals surface area contributed by atoms with E-state index < -0.39 is 30.6 Å². The van der Waals surface area contributed by atoms with Crippen molar-refractivity contribution in [2.45, 2.75) is 41.5 Å². The van der Waals surface area contributed by atoms with E-state index in [4.69, 9.17) is 10.0 Å². The van der Waals surface area contributed by atoms with Gasteiger partial charge < -0.3 is 10.0 Å². The van der Waals surface area contributed by atoms with Crippen LogP contribution in [0.2, 0.25) is 0 Å². The molecule has 0 radical (unpaired) electrons. The predicted octanol–water partition coefficient (Wildman–Crippen LogP) is 2.23. The van der Waals surface area contributed by atoms with E-state index in [2.05, 4.69) is 45.8 Å². The number of amides is 4. The van der Waals surface area contributed by atoms with E-state index in [1.54, 1.807) is 13.8 Å². The maximum atomic E-state index is 13.2. The second kappa shape index (κ2) is 16.9. The van der Waals surface area contributed by atoms with Crippen molar-refractivity contribution >= 4 is 63.8 Å². The first-order chi connectivity index (χ1) is 21.5. The van der Waals surface area contributed by atoms with Crippen molar-refractivity contribution in [1.29, 1.82) is 0 Å². The Morgan fingerprint density at radius 2 is 1.15 bits per heavy atom. The summed E-state index contributed by atoms with van der Waals surface area (Å²) in [5.41, 5.74) is 1.85. The molecule has 2 N–H and O–H groups in total. The molecular weight excluding hydrogens is 673 g/mol. The minimum Gasteiger partial charge on any atom is -0.423 e. The summed E-state index contributed by atoms with van der Waals surface area (Å²) < 4.78 is 26.0. The van der Waals surface area contributed by atoms with Gasteiger partial charge in [0.15, 0.2) is 11.6 Å². The second-order valence-corrected chi connectivity index (χ2v) is 10.0. The highest BCUT2D eigenvalue weighted by atomic mass is 79.9. The van der Waals surface area contributed by atoms with Crippen LogP contribution >= 0.6 is 15.9 Å². The normalized spacial score (nSPS) is 9.98. The number of rotatable bonds is 4. The van der Waals surface area contributed by atoms with Crippen molar-refractivity contribution in [3.63, 3.8) is 0 Å². The summed E-state index contributed by atoms with van der Waals surface area (Å²) in [6.07, 6.45) is 7.55. The van der Waals surface area contributed by atoms with Crippen LogP contribution in [0.15, 0.2) is 53.9 Å². The van der Waals surface area contributed by atoms with Crippen LogP contribution in [-0.4, -0.2) is 70.7 Å². The molecule has 0 bridgehead atoms. The zero-order valence-corrected chi connectivity index (χ0v) is 27.0. The zero-order chi connectivity index (χ0) is 34.7. The Kier molecular flexibility index (Phi) is 13.7. The van der Waals surface area contributed by atoms with Crippen LogP contribution in [-0.2, 0) is 19.2 Å². The largest absolute Gasteiger partial charge is 0.490 e. The number of hydrogen-bond acceptors (Lipinski definition) is 12. The molecule has 46 heavy (non-hydrogen) atoms. The van der Waals surface area contributed by atoms with E-state index in [0.29, 0.717) is 27.2 Å². The first kappa shape index (κ1) is 37.3. The van der Waals surface area contributed by atoms with Gasteiger partial charge in [0, 0.05) is 51.1 Å². The summed E-state index contributed by atoms with van der Waals surface area (Å²) in [5.74, 6) is -2.25. The van der Waals surface area contributed by atoms with E-state index in [1.165, 1.54) is 58.5 Å². The SMILES string of the molecule is CC(=O)N(C(C)=O)c1ncc(-c2cncc(F)c2)nc1C.CC(=O)N(C(C)=O)c1ncc(Br)nc1C.OB(O)c1cncc(F)c1. The zero-order valence-electron chi connectivity index (χ0n) is 25.4. The van der Waals surface area contributed by atoms with E-state index in [0.717, 1.165) is 28.3 Å². The van der Waals surface area contributed by atoms with Gasteiger partial charge in [0.25, 0.3) is 0 Å². The van der Waals surface area contributed by atoms with Crippen molar-refractivity contribution in [2.24, 2.45) is 0 Å². The Labute approximate surface area is 270 Å². The van der Waals surface area contributed by atoms with Gasteiger partial charge >= 0.3 is 7.12 Å². The van der Waals surface area contributed by atoms with Crippen LogP contribution in [0.4, 0.5) is 20.4 Å². The Morgan fingerprint density at radius 3 is 1.54 bits per heavy atom. The van der Waals surface area contributed by atoms with Crippen molar-refractivity contribution < 1.29 is 38.0 Å². The smallest absolute Gasteiger partial charge is 0.423 e. The van der Waals surface area contributed by atoms with Gasteiger partial charge in [-0.15, -0.1) is 0 Å². The molecule has 0 saturated carbocycles. The van der Waals surface area contributed by atoms with Gasteiger partial charge in [0.2, 0.25) is 23.6 Å². The molecule has 4 rings (SSSR count). The van der Waals surface area contributed by atoms with Gasteiger partial charge in [0.05, 0.1) is 41.9 Å². The molecule has 0 atom stereocenters. The lowest BCUT2D eigenvalue weighted by molar-refractivity contribution is -0.126. The van der Waals surface area contributed by atoms with Crippen LogP contribution in [0, 0.1) is 25.5 Å². The number of imide groups is 2. The molecule has 0 spiro atoms. The molecule has 0 unspecified atom stereocenters. The topological polar surface area (TPSA) is 193 Å². The number of carbonyl (C=O) groups excluding carboxylic acids is 4. The van der Waals surface area contributed by atoms with Gasteiger partial charge in [0.1, 0.15) is 16.2 Å². The molecule has 4 heterocycles. The molecule has 0 aromatic carbocycles. The number of anilines is 2. The molecule has 18 heteroatoms. The number of pyridine rings is 2. The fraction of sp³-hybridized carbons (Fsp3) is 0.214. The van der Waals surface area contributed by atoms with Crippen LogP contribution in [0.25, 0.3) is 11.3 Å². The standard InChI is InChI=1S/C14H13FN4O2.C9H10BrN3O2.C5H5BFNO2/c1-8-14(19(9(2)20)10(3)21)17-7-13(18-8)11-4-12(15)6-16-5-11;1-5-9(11-4-8(10)12-5)13(6(2)14)7(3)15;7-5-1-4(6(9)10)2-8-3-5/h4-7H,1-3H3;4H,1-3H3;1-3,9-10H. The summed E-state index contributed by atoms with van der Waals surface area (Å²) in [7, 11) is -1.65. The third-order valence-corrected chi connectivity index (χ3v) is 5.90. The van der Waals surface area contributed by atoms with Crippen molar-refractivity contribution in [2.75, 3.05) is 9.80 Å². The molecule has 240 valence electrons. The first-order valence-corrected chi connectivity index (χ1v) is 13.9. The van der Waals surface area contributed by atoms with Crippen molar-refractivity contribution in [3.8, 4) is 11.3 Å². The van der Waals surface area contributed by atoms with Crippen LogP contribution < -0.4 is 15.3 Å². The molecule has 0 aliphatic heterocycles. The Hall–Kier alpha value is -4.94. The molecule has 0 aliphatic carbocycles. The van der Waals surface area contributed by atoms with E-state index >= 15 is 0 Å². The van der Waals surface area contributed by atoms with Gasteiger partial charge in [-0.05, 0) is 41.9 Å². The lowest BCUT2D eigenvalue weighted by Gasteiger charge is -2.17. The quantitative estimate of drug-likeness (QED) is 0.296. The molecular formula is C28H28BBrF2N8O6. The highest BCUT2D eigenvalue weighted by Gasteiger charge is 2.22. The van der Waals surface area contributed by atoms with E-state index in [9.17, 15) is 28.0 Å². The van der Waals surface area contributed by atoms with Crippen LogP contribution in [0.3, 0.4) is 0 Å². The summed E-state index contributed by atoms with van der Waals surface area (Å²) >= 11 is 3.16. The Morgan fingerprint density at radius 1 is 0.696 bits per heavy atom. The number of carbonyl (C=O) groups is 4. The second-order valence-electron chi connectivity index (χ2n) is 9.21. The van der Waals surface area contributed by atoms with E-state index in [-0.39, 0.29) is 28.9 Å². The van der Waals surface area contributed by atoms with E-state index in [1.807, 2.05) is 0 Å². The monoisotopic (exact) mass is 700 g/mol. The number of aryl methyl sites for hydroxylation is 2. The number of nitrogens with zero attached hydrogens (tertiary/aromatic N) is 8. The summed E-state index contributed by atoms with van der Waals surface area (Å²) in [4.78, 5) is 71.0. The molecule has 4 amide bonds. The summed E-state index contributed by atoms with van der Waals surface area (Å²) in [6, 6.07) is 2.29. The van der Waals surface area contributed by atoms with Crippen molar-refractivity contribution in [3.05, 3.63) is 76.9 Å². The lowest BCUT2D eigenvalue weighted by Crippen LogP contribution is -2.34. The third-order valence-electron chi connectivity index (χ3n) is 5.52. The number of hydrogen-bond donors (Lipinski definition) is 2. The Balaban J connectivity index is 0.000000257. The van der Waals surface area contributed by atoms with Gasteiger partial charge in [-0.25, -0.2) is 38.5 Å². The molecule has 0 fully saturated rings. The lowest BCUT2D eigenvalue weighted by atomic mass is 9.82. The number of halogens is 3. The average Bonchev–Trinajstić information content (AvgIpc) is 2.95. The molecule has 14 nitrogen and oxygen atoms in total. The van der Waals surface area contributed by atoms with Crippen molar-refractivity contribution in [1.82, 2.24) is 29.9 Å². The highest BCUT2D eigenvalue weighted by Crippen LogP contribution is 2.22. The minimum atomic E-state index is -1.65. The fourth-order valence-electron chi connectivity index (χ4n) is 3.66. The average molecular weight is 701 g/mol. The molecule has 4 aromatic rings. The predicted molar refractivity (Wildman–Crippen MR) is 166 cm³/mol. The maximum Gasteiger partial charge on any atom is 0.490 e. The summed E-state index contributed by atoms with van der Waals surface area (Å²) in [6.45, 7) is 8.47. The molecule has 4 aromatic heterocycles. The molecule has 0 aliphatic rings. The van der Waals surface area contributed by atoms with Gasteiger partial charge in [-0.3, -0.25) is 29.1 Å². The first-order valence-electron chi connectivity index (χ1n) is 13.1. The third kappa shape index (κ3) is 10.6. The fourth-order valence-corrected chi connectivity index (χ4v) is 4.03.